The van der Waals surface area contributed by atoms with E-state index in [0.29, 0.717) is 24.5 Å². The minimum Gasteiger partial charge on any atom is -0.350 e. The Kier molecular flexibility index (Phi) is 7.20. The second kappa shape index (κ2) is 10.1. The molecule has 0 radical (unpaired) electrons. The SMILES string of the molecule is NC(C(=O)N1CCCC1C(=O)NCc1cc(Cl)ccc1-c1csnn1)C1CCCCC1. The predicted molar refractivity (Wildman–Crippen MR) is 121 cm³/mol. The minimum atomic E-state index is -0.509. The fourth-order valence-corrected chi connectivity index (χ4v) is 5.38. The number of carbonyl (C=O) groups is 2. The number of halogens is 1. The van der Waals surface area contributed by atoms with Crippen molar-refractivity contribution in [1.82, 2.24) is 19.8 Å². The fraction of sp³-hybridized carbons (Fsp3) is 0.545. The third-order valence-electron chi connectivity index (χ3n) is 6.44. The van der Waals surface area contributed by atoms with Crippen LogP contribution in [0.2, 0.25) is 5.02 Å². The summed E-state index contributed by atoms with van der Waals surface area (Å²) in [5.41, 5.74) is 8.84. The molecule has 2 aliphatic rings. The smallest absolute Gasteiger partial charge is 0.243 e. The van der Waals surface area contributed by atoms with Crippen molar-refractivity contribution in [2.75, 3.05) is 6.54 Å². The van der Waals surface area contributed by atoms with Crippen molar-refractivity contribution >= 4 is 34.9 Å². The first-order chi connectivity index (χ1) is 15.0. The molecule has 2 heterocycles. The molecule has 166 valence electrons. The standard InChI is InChI=1S/C22H28ClN5O2S/c23-16-8-9-17(18-13-31-27-26-18)15(11-16)12-25-21(29)19-7-4-10-28(19)22(30)20(24)14-5-2-1-3-6-14/h8-9,11,13-14,19-20H,1-7,10,12,24H2,(H,25,29). The van der Waals surface area contributed by atoms with Gasteiger partial charge in [-0.25, -0.2) is 0 Å². The fourth-order valence-electron chi connectivity index (χ4n) is 4.73. The second-order valence-electron chi connectivity index (χ2n) is 8.42. The van der Waals surface area contributed by atoms with Crippen molar-refractivity contribution in [3.8, 4) is 11.3 Å². The Bertz CT molecular complexity index is 917. The maximum Gasteiger partial charge on any atom is 0.243 e. The molecule has 3 N–H and O–H groups in total. The Balaban J connectivity index is 1.41. The van der Waals surface area contributed by atoms with Crippen LogP contribution in [0.5, 0.6) is 0 Å². The highest BCUT2D eigenvalue weighted by atomic mass is 35.5. The molecule has 0 spiro atoms. The van der Waals surface area contributed by atoms with Gasteiger partial charge in [0.15, 0.2) is 0 Å². The van der Waals surface area contributed by atoms with Gasteiger partial charge in [0.1, 0.15) is 11.7 Å². The van der Waals surface area contributed by atoms with Crippen LogP contribution in [0, 0.1) is 5.92 Å². The zero-order valence-electron chi connectivity index (χ0n) is 17.4. The molecule has 1 saturated heterocycles. The van der Waals surface area contributed by atoms with Gasteiger partial charge in [0.2, 0.25) is 11.8 Å². The van der Waals surface area contributed by atoms with Crippen LogP contribution in [0.4, 0.5) is 0 Å². The molecule has 0 bridgehead atoms. The lowest BCUT2D eigenvalue weighted by Gasteiger charge is -2.32. The van der Waals surface area contributed by atoms with E-state index >= 15 is 0 Å². The van der Waals surface area contributed by atoms with Crippen LogP contribution in [0.3, 0.4) is 0 Å². The molecule has 2 atom stereocenters. The van der Waals surface area contributed by atoms with Gasteiger partial charge in [0, 0.05) is 29.1 Å². The summed E-state index contributed by atoms with van der Waals surface area (Å²) in [6.45, 7) is 0.893. The van der Waals surface area contributed by atoms with E-state index in [1.807, 2.05) is 17.5 Å². The van der Waals surface area contributed by atoms with E-state index in [2.05, 4.69) is 14.9 Å². The second-order valence-corrected chi connectivity index (χ2v) is 9.47. The molecule has 31 heavy (non-hydrogen) atoms. The topological polar surface area (TPSA) is 101 Å². The molecule has 2 amide bonds. The van der Waals surface area contributed by atoms with Crippen molar-refractivity contribution < 1.29 is 9.59 Å². The molecule has 7 nitrogen and oxygen atoms in total. The molecule has 1 aromatic carbocycles. The van der Waals surface area contributed by atoms with Crippen molar-refractivity contribution in [3.63, 3.8) is 0 Å². The lowest BCUT2D eigenvalue weighted by molar-refractivity contribution is -0.140. The van der Waals surface area contributed by atoms with Gasteiger partial charge in [0.25, 0.3) is 0 Å². The Hall–Kier alpha value is -2.03. The average molecular weight is 462 g/mol. The zero-order chi connectivity index (χ0) is 21.8. The van der Waals surface area contributed by atoms with E-state index in [9.17, 15) is 9.59 Å². The lowest BCUT2D eigenvalue weighted by Crippen LogP contribution is -2.53. The summed E-state index contributed by atoms with van der Waals surface area (Å²) in [6.07, 6.45) is 6.95. The van der Waals surface area contributed by atoms with Gasteiger partial charge in [-0.1, -0.05) is 41.4 Å². The maximum atomic E-state index is 13.1. The zero-order valence-corrected chi connectivity index (χ0v) is 19.0. The average Bonchev–Trinajstić information content (AvgIpc) is 3.49. The quantitative estimate of drug-likeness (QED) is 0.686. The van der Waals surface area contributed by atoms with Gasteiger partial charge in [-0.3, -0.25) is 9.59 Å². The number of nitrogens with one attached hydrogen (secondary N) is 1. The van der Waals surface area contributed by atoms with Crippen LogP contribution in [0.15, 0.2) is 23.6 Å². The van der Waals surface area contributed by atoms with E-state index < -0.39 is 12.1 Å². The number of nitrogens with two attached hydrogens (primary N) is 1. The van der Waals surface area contributed by atoms with Crippen LogP contribution in [-0.2, 0) is 16.1 Å². The van der Waals surface area contributed by atoms with Gasteiger partial charge in [0.05, 0.1) is 6.04 Å². The van der Waals surface area contributed by atoms with E-state index in [0.717, 1.165) is 48.9 Å². The molecule has 4 rings (SSSR count). The highest BCUT2D eigenvalue weighted by Crippen LogP contribution is 2.29. The summed E-state index contributed by atoms with van der Waals surface area (Å²) in [5, 5.41) is 9.57. The summed E-state index contributed by atoms with van der Waals surface area (Å²) < 4.78 is 3.92. The lowest BCUT2D eigenvalue weighted by atomic mass is 9.83. The number of benzene rings is 1. The van der Waals surface area contributed by atoms with Gasteiger partial charge in [-0.05, 0) is 60.8 Å². The molecular formula is C22H28ClN5O2S. The Labute approximate surface area is 191 Å². The van der Waals surface area contributed by atoms with Gasteiger partial charge in [-0.15, -0.1) is 5.10 Å². The predicted octanol–water partition coefficient (Wildman–Crippen LogP) is 3.37. The summed E-state index contributed by atoms with van der Waals surface area (Å²) in [7, 11) is 0. The van der Waals surface area contributed by atoms with E-state index in [1.54, 1.807) is 11.0 Å². The Morgan fingerprint density at radius 3 is 2.77 bits per heavy atom. The molecule has 2 fully saturated rings. The summed E-state index contributed by atoms with van der Waals surface area (Å²) in [4.78, 5) is 27.8. The molecule has 1 aliphatic carbocycles. The summed E-state index contributed by atoms with van der Waals surface area (Å²) in [6, 6.07) is 4.53. The molecule has 2 unspecified atom stereocenters. The first-order valence-corrected chi connectivity index (χ1v) is 12.2. The number of likely N-dealkylation sites (tertiary alicyclic amines) is 1. The number of aromatic nitrogens is 2. The summed E-state index contributed by atoms with van der Waals surface area (Å²) in [5.74, 6) is -0.00290. The molecule has 1 saturated carbocycles. The normalized spacial score (nSPS) is 20.6. The first-order valence-electron chi connectivity index (χ1n) is 10.9. The highest BCUT2D eigenvalue weighted by Gasteiger charge is 2.38. The third kappa shape index (κ3) is 5.07. The number of rotatable bonds is 6. The largest absolute Gasteiger partial charge is 0.350 e. The first kappa shape index (κ1) is 22.2. The molecular weight excluding hydrogens is 434 g/mol. The number of hydrogen-bond donors (Lipinski definition) is 2. The maximum absolute atomic E-state index is 13.1. The molecule has 1 aromatic heterocycles. The monoisotopic (exact) mass is 461 g/mol. The van der Waals surface area contributed by atoms with Crippen LogP contribution in [-0.4, -0.2) is 44.9 Å². The van der Waals surface area contributed by atoms with Crippen molar-refractivity contribution in [2.24, 2.45) is 11.7 Å². The van der Waals surface area contributed by atoms with Gasteiger partial charge < -0.3 is 16.0 Å². The van der Waals surface area contributed by atoms with E-state index in [-0.39, 0.29) is 17.7 Å². The summed E-state index contributed by atoms with van der Waals surface area (Å²) >= 11 is 7.45. The van der Waals surface area contributed by atoms with Gasteiger partial charge >= 0.3 is 0 Å². The molecule has 9 heteroatoms. The highest BCUT2D eigenvalue weighted by molar-refractivity contribution is 7.03. The van der Waals surface area contributed by atoms with Crippen LogP contribution < -0.4 is 11.1 Å². The third-order valence-corrected chi connectivity index (χ3v) is 7.18. The van der Waals surface area contributed by atoms with Gasteiger partial charge in [-0.2, -0.15) is 0 Å². The van der Waals surface area contributed by atoms with Crippen molar-refractivity contribution in [2.45, 2.75) is 63.6 Å². The number of hydrogen-bond acceptors (Lipinski definition) is 6. The van der Waals surface area contributed by atoms with Crippen LogP contribution in [0.25, 0.3) is 11.3 Å². The van der Waals surface area contributed by atoms with Crippen LogP contribution in [0.1, 0.15) is 50.5 Å². The Morgan fingerprint density at radius 2 is 2.03 bits per heavy atom. The Morgan fingerprint density at radius 1 is 1.23 bits per heavy atom. The van der Waals surface area contributed by atoms with E-state index in [4.69, 9.17) is 17.3 Å². The number of amides is 2. The van der Waals surface area contributed by atoms with Crippen molar-refractivity contribution in [3.05, 3.63) is 34.2 Å². The number of nitrogens with zero attached hydrogens (tertiary/aromatic N) is 3. The van der Waals surface area contributed by atoms with Crippen LogP contribution >= 0.6 is 23.1 Å². The molecule has 2 aromatic rings. The van der Waals surface area contributed by atoms with E-state index in [1.165, 1.54) is 18.0 Å². The number of carbonyl (C=O) groups excluding carboxylic acids is 2. The van der Waals surface area contributed by atoms with Crippen molar-refractivity contribution in [1.29, 1.82) is 0 Å². The molecule has 1 aliphatic heterocycles. The minimum absolute atomic E-state index is 0.0819.